The summed E-state index contributed by atoms with van der Waals surface area (Å²) in [6.07, 6.45) is 4.53. The number of aromatic nitrogens is 1. The van der Waals surface area contributed by atoms with E-state index < -0.39 is 10.8 Å². The van der Waals surface area contributed by atoms with E-state index in [1.807, 2.05) is 0 Å². The highest BCUT2D eigenvalue weighted by atomic mass is 35.5. The Morgan fingerprint density at radius 3 is 2.94 bits per heavy atom. The first-order chi connectivity index (χ1) is 7.52. The van der Waals surface area contributed by atoms with E-state index in [0.29, 0.717) is 17.1 Å². The molecule has 4 nitrogen and oxygen atoms in total. The van der Waals surface area contributed by atoms with Crippen LogP contribution in [-0.4, -0.2) is 33.2 Å². The monoisotopic (exact) mass is 260 g/mol. The Morgan fingerprint density at radius 2 is 2.38 bits per heavy atom. The van der Waals surface area contributed by atoms with Gasteiger partial charge in [-0.2, -0.15) is 0 Å². The van der Waals surface area contributed by atoms with Crippen LogP contribution in [0.1, 0.15) is 17.3 Å². The second-order valence-corrected chi connectivity index (χ2v) is 5.58. The van der Waals surface area contributed by atoms with Gasteiger partial charge < -0.3 is 5.32 Å². The van der Waals surface area contributed by atoms with Gasteiger partial charge >= 0.3 is 0 Å². The van der Waals surface area contributed by atoms with E-state index in [9.17, 15) is 9.00 Å². The quantitative estimate of drug-likeness (QED) is 0.886. The fourth-order valence-electron chi connectivity index (χ4n) is 0.994. The average Bonchev–Trinajstić information content (AvgIpc) is 2.25. The highest BCUT2D eigenvalue weighted by molar-refractivity contribution is 7.84. The molecule has 0 fully saturated rings. The van der Waals surface area contributed by atoms with Crippen LogP contribution < -0.4 is 5.32 Å². The van der Waals surface area contributed by atoms with Crippen molar-refractivity contribution in [3.63, 3.8) is 0 Å². The summed E-state index contributed by atoms with van der Waals surface area (Å²) in [6, 6.07) is 1.55. The van der Waals surface area contributed by atoms with Crippen LogP contribution in [0, 0.1) is 0 Å². The molecular weight excluding hydrogens is 248 g/mol. The fourth-order valence-corrected chi connectivity index (χ4v) is 1.50. The maximum absolute atomic E-state index is 11.7. The van der Waals surface area contributed by atoms with Gasteiger partial charge in [0.05, 0.1) is 10.6 Å². The van der Waals surface area contributed by atoms with Crippen molar-refractivity contribution in [2.45, 2.75) is 12.2 Å². The normalized spacial score (nSPS) is 14.2. The topological polar surface area (TPSA) is 59.1 Å². The number of hydrogen-bond acceptors (Lipinski definition) is 3. The van der Waals surface area contributed by atoms with Crippen LogP contribution in [0.3, 0.4) is 0 Å². The molecule has 0 bridgehead atoms. The zero-order valence-electron chi connectivity index (χ0n) is 9.07. The van der Waals surface area contributed by atoms with Gasteiger partial charge in [-0.15, -0.1) is 0 Å². The third-order valence-electron chi connectivity index (χ3n) is 2.13. The Kier molecular flexibility index (Phi) is 4.89. The summed E-state index contributed by atoms with van der Waals surface area (Å²) in [7, 11) is -0.952. The SMILES string of the molecule is CC(CNC(=O)c1cnccc1Cl)S(C)=O. The van der Waals surface area contributed by atoms with Gasteiger partial charge in [0.15, 0.2) is 0 Å². The minimum absolute atomic E-state index is 0.0839. The number of pyridine rings is 1. The van der Waals surface area contributed by atoms with E-state index in [1.54, 1.807) is 19.2 Å². The highest BCUT2D eigenvalue weighted by Gasteiger charge is 2.12. The molecule has 0 aliphatic carbocycles. The molecular formula is C10H13ClN2O2S. The van der Waals surface area contributed by atoms with E-state index in [1.165, 1.54) is 12.4 Å². The molecule has 88 valence electrons. The predicted octanol–water partition coefficient (Wildman–Crippen LogP) is 1.23. The fraction of sp³-hybridized carbons (Fsp3) is 0.400. The zero-order chi connectivity index (χ0) is 12.1. The lowest BCUT2D eigenvalue weighted by molar-refractivity contribution is 0.0954. The van der Waals surface area contributed by atoms with Gasteiger partial charge in [0.25, 0.3) is 5.91 Å². The molecule has 1 amide bonds. The number of rotatable bonds is 4. The number of halogens is 1. The van der Waals surface area contributed by atoms with Gasteiger partial charge in [-0.3, -0.25) is 14.0 Å². The summed E-state index contributed by atoms with van der Waals surface area (Å²) in [5.74, 6) is -0.296. The van der Waals surface area contributed by atoms with Gasteiger partial charge in [-0.05, 0) is 13.0 Å². The minimum Gasteiger partial charge on any atom is -0.351 e. The van der Waals surface area contributed by atoms with Crippen molar-refractivity contribution in [2.75, 3.05) is 12.8 Å². The van der Waals surface area contributed by atoms with E-state index in [2.05, 4.69) is 10.3 Å². The van der Waals surface area contributed by atoms with E-state index in [4.69, 9.17) is 11.6 Å². The Bertz CT molecular complexity index is 412. The smallest absolute Gasteiger partial charge is 0.254 e. The molecule has 0 aromatic carbocycles. The summed E-state index contributed by atoms with van der Waals surface area (Å²) in [6.45, 7) is 2.16. The Hall–Kier alpha value is -0.940. The molecule has 0 radical (unpaired) electrons. The van der Waals surface area contributed by atoms with E-state index in [-0.39, 0.29) is 11.2 Å². The van der Waals surface area contributed by atoms with Crippen molar-refractivity contribution in [1.29, 1.82) is 0 Å². The summed E-state index contributed by atoms with van der Waals surface area (Å²) >= 11 is 5.84. The van der Waals surface area contributed by atoms with Crippen LogP contribution >= 0.6 is 11.6 Å². The first-order valence-electron chi connectivity index (χ1n) is 4.72. The van der Waals surface area contributed by atoms with Crippen LogP contribution in [0.25, 0.3) is 0 Å². The highest BCUT2D eigenvalue weighted by Crippen LogP contribution is 2.12. The van der Waals surface area contributed by atoms with Crippen molar-refractivity contribution in [3.05, 3.63) is 29.0 Å². The third-order valence-corrected chi connectivity index (χ3v) is 3.76. The molecule has 0 aliphatic rings. The largest absolute Gasteiger partial charge is 0.351 e. The molecule has 2 atom stereocenters. The second kappa shape index (κ2) is 5.96. The maximum Gasteiger partial charge on any atom is 0.254 e. The number of hydrogen-bond donors (Lipinski definition) is 1. The molecule has 6 heteroatoms. The Balaban J connectivity index is 2.60. The standard InChI is InChI=1S/C10H13ClN2O2S/c1-7(16(2)15)5-13-10(14)8-6-12-4-3-9(8)11/h3-4,6-7H,5H2,1-2H3,(H,13,14). The van der Waals surface area contributed by atoms with Gasteiger partial charge in [0.2, 0.25) is 0 Å². The number of amides is 1. The van der Waals surface area contributed by atoms with Crippen molar-refractivity contribution in [1.82, 2.24) is 10.3 Å². The summed E-state index contributed by atoms with van der Waals surface area (Å²) in [5.41, 5.74) is 0.332. The van der Waals surface area contributed by atoms with Crippen LogP contribution in [0.2, 0.25) is 5.02 Å². The van der Waals surface area contributed by atoms with Crippen LogP contribution in [-0.2, 0) is 10.8 Å². The molecule has 0 saturated heterocycles. The minimum atomic E-state index is -0.952. The number of carbonyl (C=O) groups is 1. The third kappa shape index (κ3) is 3.57. The van der Waals surface area contributed by atoms with E-state index in [0.717, 1.165) is 0 Å². The van der Waals surface area contributed by atoms with Crippen molar-refractivity contribution in [3.8, 4) is 0 Å². The van der Waals surface area contributed by atoms with Gasteiger partial charge in [-0.25, -0.2) is 0 Å². The van der Waals surface area contributed by atoms with Crippen molar-refractivity contribution < 1.29 is 9.00 Å². The van der Waals surface area contributed by atoms with Crippen molar-refractivity contribution in [2.24, 2.45) is 0 Å². The maximum atomic E-state index is 11.7. The summed E-state index contributed by atoms with van der Waals surface area (Å²) in [5, 5.41) is 2.94. The first-order valence-corrected chi connectivity index (χ1v) is 6.72. The van der Waals surface area contributed by atoms with Gasteiger partial charge in [0, 0.05) is 41.2 Å². The predicted molar refractivity (Wildman–Crippen MR) is 65.1 cm³/mol. The Morgan fingerprint density at radius 1 is 1.69 bits per heavy atom. The molecule has 2 unspecified atom stereocenters. The van der Waals surface area contributed by atoms with Crippen LogP contribution in [0.15, 0.2) is 18.5 Å². The Labute approximate surface area is 102 Å². The average molecular weight is 261 g/mol. The lowest BCUT2D eigenvalue weighted by Crippen LogP contribution is -2.32. The summed E-state index contributed by atoms with van der Waals surface area (Å²) in [4.78, 5) is 15.5. The molecule has 1 N–H and O–H groups in total. The number of carbonyl (C=O) groups excluding carboxylic acids is 1. The lowest BCUT2D eigenvalue weighted by Gasteiger charge is -2.10. The number of nitrogens with one attached hydrogen (secondary N) is 1. The molecule has 1 aromatic heterocycles. The van der Waals surface area contributed by atoms with E-state index >= 15 is 0 Å². The van der Waals surface area contributed by atoms with Gasteiger partial charge in [-0.1, -0.05) is 11.6 Å². The number of nitrogens with zero attached hydrogens (tertiary/aromatic N) is 1. The molecule has 0 spiro atoms. The molecule has 1 aromatic rings. The molecule has 0 aliphatic heterocycles. The lowest BCUT2D eigenvalue weighted by atomic mass is 10.2. The van der Waals surface area contributed by atoms with Crippen LogP contribution in [0.4, 0.5) is 0 Å². The first kappa shape index (κ1) is 13.1. The molecule has 16 heavy (non-hydrogen) atoms. The van der Waals surface area contributed by atoms with Gasteiger partial charge in [0.1, 0.15) is 0 Å². The zero-order valence-corrected chi connectivity index (χ0v) is 10.6. The van der Waals surface area contributed by atoms with Crippen LogP contribution in [0.5, 0.6) is 0 Å². The van der Waals surface area contributed by atoms with Crippen molar-refractivity contribution >= 4 is 28.3 Å². The molecule has 1 heterocycles. The molecule has 1 rings (SSSR count). The summed E-state index contributed by atoms with van der Waals surface area (Å²) < 4.78 is 11.1. The second-order valence-electron chi connectivity index (χ2n) is 3.37. The molecule has 0 saturated carbocycles.